The van der Waals surface area contributed by atoms with Gasteiger partial charge >= 0.3 is 5.97 Å². The molecule has 4 rings (SSSR count). The number of halogens is 1. The molecule has 0 spiro atoms. The molecule has 0 unspecified atom stereocenters. The number of hydrogen-bond donors (Lipinski definition) is 2. The quantitative estimate of drug-likeness (QED) is 0.487. The molecule has 0 aliphatic carbocycles. The summed E-state index contributed by atoms with van der Waals surface area (Å²) >= 11 is 12.0. The SMILES string of the molecule is CC(C)CN1C(=S)N[C@@H](c2ccccn2)[C@H]1c1ccc(-c2cc(C(=O)O)ccc2Cl)o1. The molecule has 0 bridgehead atoms. The van der Waals surface area contributed by atoms with Crippen LogP contribution in [0.5, 0.6) is 0 Å². The Morgan fingerprint density at radius 3 is 2.77 bits per heavy atom. The van der Waals surface area contributed by atoms with Crippen LogP contribution in [0.4, 0.5) is 0 Å². The Morgan fingerprint density at radius 2 is 2.10 bits per heavy atom. The molecule has 3 aromatic rings. The number of carboxylic acid groups (broad SMARTS) is 1. The highest BCUT2D eigenvalue weighted by Crippen LogP contribution is 2.41. The lowest BCUT2D eigenvalue weighted by molar-refractivity contribution is 0.0697. The number of benzene rings is 1. The van der Waals surface area contributed by atoms with Crippen LogP contribution in [0.15, 0.2) is 59.1 Å². The average molecular weight is 456 g/mol. The summed E-state index contributed by atoms with van der Waals surface area (Å²) in [6, 6.07) is 13.7. The van der Waals surface area contributed by atoms with Crippen molar-refractivity contribution in [3.63, 3.8) is 0 Å². The van der Waals surface area contributed by atoms with Crippen LogP contribution in [0.2, 0.25) is 5.02 Å². The summed E-state index contributed by atoms with van der Waals surface area (Å²) in [5, 5.41) is 13.8. The van der Waals surface area contributed by atoms with E-state index in [0.717, 1.165) is 12.2 Å². The molecule has 8 heteroatoms. The van der Waals surface area contributed by atoms with E-state index in [4.69, 9.17) is 28.2 Å². The zero-order valence-electron chi connectivity index (χ0n) is 17.1. The highest BCUT2D eigenvalue weighted by atomic mass is 35.5. The normalized spacial score (nSPS) is 18.5. The lowest BCUT2D eigenvalue weighted by Gasteiger charge is -2.27. The number of nitrogens with zero attached hydrogens (tertiary/aromatic N) is 2. The summed E-state index contributed by atoms with van der Waals surface area (Å²) in [4.78, 5) is 18.0. The van der Waals surface area contributed by atoms with E-state index in [0.29, 0.717) is 33.1 Å². The van der Waals surface area contributed by atoms with Gasteiger partial charge in [0.05, 0.1) is 22.3 Å². The van der Waals surface area contributed by atoms with Gasteiger partial charge in [0.2, 0.25) is 0 Å². The first kappa shape index (κ1) is 21.3. The van der Waals surface area contributed by atoms with Crippen LogP contribution in [0.25, 0.3) is 11.3 Å². The molecule has 31 heavy (non-hydrogen) atoms. The highest BCUT2D eigenvalue weighted by Gasteiger charge is 2.41. The largest absolute Gasteiger partial charge is 0.478 e. The fraction of sp³-hybridized carbons (Fsp3) is 0.261. The third-order valence-corrected chi connectivity index (χ3v) is 5.84. The van der Waals surface area contributed by atoms with Crippen molar-refractivity contribution in [1.82, 2.24) is 15.2 Å². The second-order valence-electron chi connectivity index (χ2n) is 7.87. The van der Waals surface area contributed by atoms with E-state index in [1.165, 1.54) is 12.1 Å². The molecular weight excluding hydrogens is 434 g/mol. The van der Waals surface area contributed by atoms with Crippen LogP contribution in [-0.2, 0) is 0 Å². The maximum atomic E-state index is 11.4. The van der Waals surface area contributed by atoms with E-state index in [9.17, 15) is 9.90 Å². The van der Waals surface area contributed by atoms with Crippen molar-refractivity contribution in [3.05, 3.63) is 76.8 Å². The number of thiocarbonyl (C=S) groups is 1. The number of carbonyl (C=O) groups is 1. The molecule has 0 radical (unpaired) electrons. The Hall–Kier alpha value is -2.90. The Balaban J connectivity index is 1.75. The Bertz CT molecular complexity index is 1120. The van der Waals surface area contributed by atoms with Crippen molar-refractivity contribution < 1.29 is 14.3 Å². The van der Waals surface area contributed by atoms with E-state index in [2.05, 4.69) is 29.0 Å². The first-order chi connectivity index (χ1) is 14.8. The van der Waals surface area contributed by atoms with Crippen molar-refractivity contribution in [2.75, 3.05) is 6.54 Å². The number of pyridine rings is 1. The topological polar surface area (TPSA) is 78.6 Å². The Morgan fingerprint density at radius 1 is 1.29 bits per heavy atom. The van der Waals surface area contributed by atoms with E-state index in [1.54, 1.807) is 12.3 Å². The van der Waals surface area contributed by atoms with Crippen LogP contribution in [0, 0.1) is 5.92 Å². The molecule has 1 saturated heterocycles. The van der Waals surface area contributed by atoms with Crippen molar-refractivity contribution >= 4 is 34.9 Å². The molecule has 2 atom stereocenters. The third-order valence-electron chi connectivity index (χ3n) is 5.16. The van der Waals surface area contributed by atoms with Gasteiger partial charge in [0.25, 0.3) is 0 Å². The number of rotatable bonds is 6. The first-order valence-corrected chi connectivity index (χ1v) is 10.7. The van der Waals surface area contributed by atoms with Crippen molar-refractivity contribution in [2.45, 2.75) is 25.9 Å². The van der Waals surface area contributed by atoms with Gasteiger partial charge in [0, 0.05) is 18.3 Å². The lowest BCUT2D eigenvalue weighted by Crippen LogP contribution is -2.32. The number of nitrogens with one attached hydrogen (secondary N) is 1. The van der Waals surface area contributed by atoms with Gasteiger partial charge < -0.3 is 19.7 Å². The molecule has 3 heterocycles. The number of furan rings is 1. The van der Waals surface area contributed by atoms with Crippen LogP contribution in [-0.4, -0.2) is 32.6 Å². The fourth-order valence-corrected chi connectivity index (χ4v) is 4.33. The predicted octanol–water partition coefficient (Wildman–Crippen LogP) is 5.32. The van der Waals surface area contributed by atoms with Gasteiger partial charge in [-0.3, -0.25) is 4.98 Å². The van der Waals surface area contributed by atoms with Gasteiger partial charge in [-0.15, -0.1) is 0 Å². The van der Waals surface area contributed by atoms with Gasteiger partial charge in [0.1, 0.15) is 17.6 Å². The number of aromatic nitrogens is 1. The average Bonchev–Trinajstić information content (AvgIpc) is 3.33. The summed E-state index contributed by atoms with van der Waals surface area (Å²) < 4.78 is 6.23. The molecule has 0 saturated carbocycles. The lowest BCUT2D eigenvalue weighted by atomic mass is 10.0. The molecule has 2 aromatic heterocycles. The van der Waals surface area contributed by atoms with Gasteiger partial charge in [-0.05, 0) is 60.6 Å². The molecule has 1 fully saturated rings. The summed E-state index contributed by atoms with van der Waals surface area (Å²) in [5.74, 6) is 0.579. The van der Waals surface area contributed by atoms with Crippen molar-refractivity contribution in [1.29, 1.82) is 0 Å². The summed E-state index contributed by atoms with van der Waals surface area (Å²) in [6.07, 6.45) is 1.76. The third kappa shape index (κ3) is 4.29. The summed E-state index contributed by atoms with van der Waals surface area (Å²) in [7, 11) is 0. The fourth-order valence-electron chi connectivity index (χ4n) is 3.81. The smallest absolute Gasteiger partial charge is 0.335 e. The number of aromatic carboxylic acids is 1. The number of carboxylic acids is 1. The number of hydrogen-bond acceptors (Lipinski definition) is 4. The zero-order chi connectivity index (χ0) is 22.1. The molecule has 2 N–H and O–H groups in total. The van der Waals surface area contributed by atoms with E-state index < -0.39 is 5.97 Å². The zero-order valence-corrected chi connectivity index (χ0v) is 18.7. The minimum absolute atomic E-state index is 0.147. The van der Waals surface area contributed by atoms with Gasteiger partial charge in [0.15, 0.2) is 5.11 Å². The van der Waals surface area contributed by atoms with Gasteiger partial charge in [-0.25, -0.2) is 4.79 Å². The molecule has 1 aliphatic heterocycles. The maximum Gasteiger partial charge on any atom is 0.335 e. The second-order valence-corrected chi connectivity index (χ2v) is 8.67. The second kappa shape index (κ2) is 8.69. The maximum absolute atomic E-state index is 11.4. The Kier molecular flexibility index (Phi) is 5.98. The van der Waals surface area contributed by atoms with Crippen LogP contribution < -0.4 is 5.32 Å². The van der Waals surface area contributed by atoms with Gasteiger partial charge in [-0.2, -0.15) is 0 Å². The monoisotopic (exact) mass is 455 g/mol. The minimum Gasteiger partial charge on any atom is -0.478 e. The molecule has 1 aromatic carbocycles. The summed E-state index contributed by atoms with van der Waals surface area (Å²) in [6.45, 7) is 5.03. The standard InChI is InChI=1S/C23H22ClN3O3S/c1-13(2)12-27-21(20(26-23(27)31)17-5-3-4-10-25-17)19-9-8-18(30-19)15-11-14(22(28)29)6-7-16(15)24/h3-11,13,20-21H,12H2,1-2H3,(H,26,31)(H,28,29)/t20-,21+/m0/s1. The molecule has 1 aliphatic rings. The van der Waals surface area contributed by atoms with Crippen molar-refractivity contribution in [3.8, 4) is 11.3 Å². The molecule has 160 valence electrons. The van der Waals surface area contributed by atoms with E-state index in [1.807, 2.05) is 30.3 Å². The van der Waals surface area contributed by atoms with Gasteiger partial charge in [-0.1, -0.05) is 31.5 Å². The molecule has 0 amide bonds. The van der Waals surface area contributed by atoms with Crippen molar-refractivity contribution in [2.24, 2.45) is 5.92 Å². The van der Waals surface area contributed by atoms with E-state index >= 15 is 0 Å². The first-order valence-electron chi connectivity index (χ1n) is 9.96. The highest BCUT2D eigenvalue weighted by molar-refractivity contribution is 7.80. The Labute approximate surface area is 190 Å². The van der Waals surface area contributed by atoms with Crippen LogP contribution >= 0.6 is 23.8 Å². The molecule has 6 nitrogen and oxygen atoms in total. The van der Waals surface area contributed by atoms with E-state index in [-0.39, 0.29) is 17.6 Å². The minimum atomic E-state index is -1.02. The van der Waals surface area contributed by atoms with Crippen LogP contribution in [0.1, 0.15) is 47.7 Å². The predicted molar refractivity (Wildman–Crippen MR) is 123 cm³/mol. The summed E-state index contributed by atoms with van der Waals surface area (Å²) in [5.41, 5.74) is 1.55. The van der Waals surface area contributed by atoms with Crippen LogP contribution in [0.3, 0.4) is 0 Å². The molecular formula is C23H22ClN3O3S.